The third-order valence-electron chi connectivity index (χ3n) is 6.41. The van der Waals surface area contributed by atoms with Crippen molar-refractivity contribution in [2.24, 2.45) is 0 Å². The summed E-state index contributed by atoms with van der Waals surface area (Å²) in [5.41, 5.74) is 5.92. The van der Waals surface area contributed by atoms with Gasteiger partial charge in [-0.2, -0.15) is 5.10 Å². The molecule has 1 amide bonds. The van der Waals surface area contributed by atoms with Gasteiger partial charge in [-0.15, -0.1) is 0 Å². The molecular formula is C26H33N5O. The van der Waals surface area contributed by atoms with Crippen LogP contribution < -0.4 is 10.2 Å². The lowest BCUT2D eigenvalue weighted by Gasteiger charge is -2.38. The van der Waals surface area contributed by atoms with Gasteiger partial charge in [0.05, 0.1) is 11.4 Å². The zero-order chi connectivity index (χ0) is 22.7. The molecule has 4 rings (SSSR count). The number of nitrogens with zero attached hydrogens (tertiary/aromatic N) is 4. The lowest BCUT2D eigenvalue weighted by Crippen LogP contribution is -2.48. The van der Waals surface area contributed by atoms with E-state index in [1.54, 1.807) is 0 Å². The first kappa shape index (κ1) is 22.1. The average Bonchev–Trinajstić information content (AvgIpc) is 3.11. The number of anilines is 1. The molecule has 0 spiro atoms. The number of aryl methyl sites for hydroxylation is 1. The predicted octanol–water partition coefficient (Wildman–Crippen LogP) is 3.95. The van der Waals surface area contributed by atoms with Gasteiger partial charge >= 0.3 is 0 Å². The minimum absolute atomic E-state index is 0.0626. The van der Waals surface area contributed by atoms with E-state index in [0.29, 0.717) is 18.2 Å². The quantitative estimate of drug-likeness (QED) is 0.642. The molecule has 1 saturated heterocycles. The normalized spacial score (nSPS) is 14.7. The summed E-state index contributed by atoms with van der Waals surface area (Å²) >= 11 is 0. The smallest absolute Gasteiger partial charge is 0.251 e. The van der Waals surface area contributed by atoms with Crippen molar-refractivity contribution in [1.29, 1.82) is 0 Å². The largest absolute Gasteiger partial charge is 0.369 e. The zero-order valence-electron chi connectivity index (χ0n) is 19.5. The number of carbonyl (C=O) groups excluding carboxylic acids is 1. The second kappa shape index (κ2) is 9.57. The Kier molecular flexibility index (Phi) is 6.61. The number of piperazine rings is 1. The summed E-state index contributed by atoms with van der Waals surface area (Å²) in [5.74, 6) is -0.0626. The molecule has 1 aliphatic heterocycles. The van der Waals surface area contributed by atoms with Gasteiger partial charge in [0.15, 0.2) is 0 Å². The molecule has 168 valence electrons. The molecule has 0 atom stereocenters. The number of rotatable bonds is 6. The van der Waals surface area contributed by atoms with Crippen molar-refractivity contribution in [1.82, 2.24) is 20.0 Å². The molecule has 32 heavy (non-hydrogen) atoms. The Balaban J connectivity index is 1.37. The molecule has 1 fully saturated rings. The van der Waals surface area contributed by atoms with Crippen LogP contribution >= 0.6 is 0 Å². The maximum atomic E-state index is 12.8. The number of para-hydroxylation sites is 1. The van der Waals surface area contributed by atoms with E-state index >= 15 is 0 Å². The van der Waals surface area contributed by atoms with Gasteiger partial charge in [-0.3, -0.25) is 9.69 Å². The molecule has 0 radical (unpaired) electrons. The minimum Gasteiger partial charge on any atom is -0.369 e. The molecular weight excluding hydrogens is 398 g/mol. The Morgan fingerprint density at radius 2 is 1.59 bits per heavy atom. The molecule has 2 heterocycles. The standard InChI is InChI=1S/C26H33N5O/c1-19(2)29-14-16-30(17-15-29)23-12-10-22(11-13-23)26(32)27-18-25-20(3)28-31(21(25)4)24-8-6-5-7-9-24/h5-13,19H,14-18H2,1-4H3,(H,27,32). The van der Waals surface area contributed by atoms with E-state index in [2.05, 4.69) is 46.2 Å². The van der Waals surface area contributed by atoms with Crippen molar-refractivity contribution < 1.29 is 4.79 Å². The van der Waals surface area contributed by atoms with E-state index < -0.39 is 0 Å². The van der Waals surface area contributed by atoms with E-state index in [9.17, 15) is 4.79 Å². The van der Waals surface area contributed by atoms with Gasteiger partial charge in [-0.25, -0.2) is 4.68 Å². The number of aromatic nitrogens is 2. The molecule has 1 aliphatic rings. The first-order chi connectivity index (χ1) is 15.4. The first-order valence-electron chi connectivity index (χ1n) is 11.4. The summed E-state index contributed by atoms with van der Waals surface area (Å²) in [6.45, 7) is 13.2. The van der Waals surface area contributed by atoms with Crippen LogP contribution in [0.5, 0.6) is 0 Å². The summed E-state index contributed by atoms with van der Waals surface area (Å²) < 4.78 is 1.94. The van der Waals surface area contributed by atoms with Crippen molar-refractivity contribution in [2.75, 3.05) is 31.1 Å². The SMILES string of the molecule is Cc1nn(-c2ccccc2)c(C)c1CNC(=O)c1ccc(N2CCN(C(C)C)CC2)cc1. The first-order valence-corrected chi connectivity index (χ1v) is 11.4. The summed E-state index contributed by atoms with van der Waals surface area (Å²) in [5, 5.41) is 7.73. The van der Waals surface area contributed by atoms with Crippen LogP contribution in [-0.2, 0) is 6.54 Å². The molecule has 0 aliphatic carbocycles. The predicted molar refractivity (Wildman–Crippen MR) is 130 cm³/mol. The van der Waals surface area contributed by atoms with Crippen LogP contribution in [0.1, 0.15) is 41.2 Å². The fourth-order valence-electron chi connectivity index (χ4n) is 4.34. The Hall–Kier alpha value is -3.12. The zero-order valence-corrected chi connectivity index (χ0v) is 19.5. The molecule has 3 aromatic rings. The highest BCUT2D eigenvalue weighted by atomic mass is 16.1. The van der Waals surface area contributed by atoms with Crippen LogP contribution in [0.25, 0.3) is 5.69 Å². The van der Waals surface area contributed by atoms with Gasteiger partial charge < -0.3 is 10.2 Å². The second-order valence-corrected chi connectivity index (χ2v) is 8.74. The summed E-state index contributed by atoms with van der Waals surface area (Å²) in [4.78, 5) is 17.7. The minimum atomic E-state index is -0.0626. The molecule has 1 N–H and O–H groups in total. The molecule has 2 aromatic carbocycles. The number of hydrogen-bond acceptors (Lipinski definition) is 4. The number of nitrogens with one attached hydrogen (secondary N) is 1. The van der Waals surface area contributed by atoms with Crippen molar-refractivity contribution >= 4 is 11.6 Å². The van der Waals surface area contributed by atoms with E-state index in [1.165, 1.54) is 5.69 Å². The van der Waals surface area contributed by atoms with Crippen molar-refractivity contribution in [3.8, 4) is 5.69 Å². The Labute approximate surface area is 190 Å². The lowest BCUT2D eigenvalue weighted by molar-refractivity contribution is 0.0951. The monoisotopic (exact) mass is 431 g/mol. The highest BCUT2D eigenvalue weighted by Gasteiger charge is 2.19. The molecule has 0 bridgehead atoms. The van der Waals surface area contributed by atoms with Gasteiger partial charge in [0.25, 0.3) is 5.91 Å². The van der Waals surface area contributed by atoms with Gasteiger partial charge in [-0.1, -0.05) is 18.2 Å². The van der Waals surface area contributed by atoms with Crippen molar-refractivity contribution in [3.63, 3.8) is 0 Å². The molecule has 1 aromatic heterocycles. The number of amides is 1. The maximum Gasteiger partial charge on any atom is 0.251 e. The van der Waals surface area contributed by atoms with Gasteiger partial charge in [0.2, 0.25) is 0 Å². The third-order valence-corrected chi connectivity index (χ3v) is 6.41. The molecule has 6 nitrogen and oxygen atoms in total. The van der Waals surface area contributed by atoms with Crippen LogP contribution in [0.15, 0.2) is 54.6 Å². The molecule has 0 saturated carbocycles. The highest BCUT2D eigenvalue weighted by molar-refractivity contribution is 5.94. The van der Waals surface area contributed by atoms with Gasteiger partial charge in [0.1, 0.15) is 0 Å². The number of benzene rings is 2. The van der Waals surface area contributed by atoms with E-state index in [1.807, 2.05) is 61.0 Å². The van der Waals surface area contributed by atoms with Gasteiger partial charge in [-0.05, 0) is 64.1 Å². The Bertz CT molecular complexity index is 1050. The fourth-order valence-corrected chi connectivity index (χ4v) is 4.34. The number of hydrogen-bond donors (Lipinski definition) is 1. The van der Waals surface area contributed by atoms with Crippen molar-refractivity contribution in [2.45, 2.75) is 40.3 Å². The van der Waals surface area contributed by atoms with Gasteiger partial charge in [0, 0.05) is 61.3 Å². The second-order valence-electron chi connectivity index (χ2n) is 8.74. The van der Waals surface area contributed by atoms with E-state index in [0.717, 1.165) is 48.8 Å². The summed E-state index contributed by atoms with van der Waals surface area (Å²) in [6, 6.07) is 18.6. The topological polar surface area (TPSA) is 53.4 Å². The number of carbonyl (C=O) groups is 1. The Morgan fingerprint density at radius 1 is 0.938 bits per heavy atom. The maximum absolute atomic E-state index is 12.8. The van der Waals surface area contributed by atoms with Crippen LogP contribution in [0, 0.1) is 13.8 Å². The van der Waals surface area contributed by atoms with Crippen LogP contribution in [0.3, 0.4) is 0 Å². The molecule has 0 unspecified atom stereocenters. The van der Waals surface area contributed by atoms with Crippen LogP contribution in [0.2, 0.25) is 0 Å². The highest BCUT2D eigenvalue weighted by Crippen LogP contribution is 2.20. The lowest BCUT2D eigenvalue weighted by atomic mass is 10.1. The summed E-state index contributed by atoms with van der Waals surface area (Å²) in [6.07, 6.45) is 0. The van der Waals surface area contributed by atoms with Crippen molar-refractivity contribution in [3.05, 3.63) is 77.1 Å². The van der Waals surface area contributed by atoms with Crippen LogP contribution in [-0.4, -0.2) is 52.8 Å². The van der Waals surface area contributed by atoms with E-state index in [4.69, 9.17) is 0 Å². The average molecular weight is 432 g/mol. The van der Waals surface area contributed by atoms with E-state index in [-0.39, 0.29) is 5.91 Å². The third kappa shape index (κ3) is 4.70. The van der Waals surface area contributed by atoms with Crippen LogP contribution in [0.4, 0.5) is 5.69 Å². The molecule has 6 heteroatoms. The Morgan fingerprint density at radius 3 is 2.22 bits per heavy atom. The fraction of sp³-hybridized carbons (Fsp3) is 0.385. The summed E-state index contributed by atoms with van der Waals surface area (Å²) in [7, 11) is 0.